The molecule has 15 heteroatoms. The number of cyclic esters (lactones) is 1. The molecule has 0 aromatic rings. The van der Waals surface area contributed by atoms with Crippen LogP contribution in [0.1, 0.15) is 101 Å². The average molecular weight is 845 g/mol. The second-order valence-electron chi connectivity index (χ2n) is 18.6. The van der Waals surface area contributed by atoms with E-state index in [2.05, 4.69) is 5.92 Å². The van der Waals surface area contributed by atoms with Crippen LogP contribution in [0.25, 0.3) is 0 Å². The minimum absolute atomic E-state index is 0.147. The lowest BCUT2D eigenvalue weighted by Gasteiger charge is -2.49. The van der Waals surface area contributed by atoms with Gasteiger partial charge in [0.25, 0.3) is 0 Å². The van der Waals surface area contributed by atoms with Crippen molar-refractivity contribution in [2.75, 3.05) is 54.6 Å². The highest BCUT2D eigenvalue weighted by atomic mass is 16.7. The van der Waals surface area contributed by atoms with Gasteiger partial charge in [0.2, 0.25) is 0 Å². The Bertz CT molecular complexity index is 1330. The van der Waals surface area contributed by atoms with E-state index >= 15 is 0 Å². The first-order valence-corrected chi connectivity index (χ1v) is 21.6. The summed E-state index contributed by atoms with van der Waals surface area (Å²) in [7, 11) is 7.24. The van der Waals surface area contributed by atoms with E-state index in [0.29, 0.717) is 32.6 Å². The van der Waals surface area contributed by atoms with Crippen molar-refractivity contribution >= 4 is 5.97 Å². The average Bonchev–Trinajstić information content (AvgIpc) is 3.16. The molecular weight excluding hydrogens is 764 g/mol. The van der Waals surface area contributed by atoms with Gasteiger partial charge < -0.3 is 68.1 Å². The number of carbonyl (C=O) groups is 1. The number of ether oxygens (including phenoxy) is 8. The number of hydrogen-bond acceptors (Lipinski definition) is 15. The molecule has 4 N–H and O–H groups in total. The van der Waals surface area contributed by atoms with Crippen molar-refractivity contribution in [3.8, 4) is 12.3 Å². The van der Waals surface area contributed by atoms with Gasteiger partial charge in [0.05, 0.1) is 48.1 Å². The molecule has 3 rings (SSSR count). The van der Waals surface area contributed by atoms with Gasteiger partial charge in [0.1, 0.15) is 36.6 Å². The lowest BCUT2D eigenvalue weighted by Crippen LogP contribution is -2.61. The van der Waals surface area contributed by atoms with Crippen LogP contribution >= 0.6 is 0 Å². The van der Waals surface area contributed by atoms with Crippen molar-refractivity contribution in [3.63, 3.8) is 0 Å². The second kappa shape index (κ2) is 22.2. The molecule has 0 aromatic carbocycles. The Balaban J connectivity index is 2.11. The van der Waals surface area contributed by atoms with Crippen LogP contribution in [0.2, 0.25) is 0 Å². The van der Waals surface area contributed by atoms with Crippen molar-refractivity contribution in [2.24, 2.45) is 17.8 Å². The largest absolute Gasteiger partial charge is 0.459 e. The standard InChI is InChI=1S/C44H80N2O13/c1-16-19-53-20-18-21-54-39-31(8)56-34(24-43(39,10)52-15)58-36-28(5)38(59-41-35(47)32(45(12)13)22-27(4)55-41)42(9,50)23-26(3)25-46(14)30(7)37(48)44(11,51)33(17-2)57-40(49)29(36)6/h1,26-39,41,47-48,50-51H,17-25H2,2-15H3/t26-,27-,28+,29-,30-,31+,32+,33-,34+,35-,36+,37-,38-,39+,41+,42-,43-,44-/m1/s1. The van der Waals surface area contributed by atoms with Crippen molar-refractivity contribution in [1.82, 2.24) is 9.80 Å². The maximum Gasteiger partial charge on any atom is 0.311 e. The predicted octanol–water partition coefficient (Wildman–Crippen LogP) is 2.96. The molecule has 0 radical (unpaired) electrons. The number of aliphatic hydroxyl groups is 4. The molecule has 3 fully saturated rings. The van der Waals surface area contributed by atoms with Crippen LogP contribution in [0.5, 0.6) is 0 Å². The summed E-state index contributed by atoms with van der Waals surface area (Å²) < 4.78 is 50.4. The zero-order chi connectivity index (χ0) is 44.6. The van der Waals surface area contributed by atoms with Gasteiger partial charge >= 0.3 is 5.97 Å². The Morgan fingerprint density at radius 1 is 0.983 bits per heavy atom. The third-order valence-corrected chi connectivity index (χ3v) is 13.1. The number of aliphatic hydroxyl groups excluding tert-OH is 2. The molecule has 0 unspecified atom stereocenters. The van der Waals surface area contributed by atoms with E-state index in [1.54, 1.807) is 27.9 Å². The van der Waals surface area contributed by atoms with E-state index in [-0.39, 0.29) is 43.9 Å². The molecule has 344 valence electrons. The van der Waals surface area contributed by atoms with Gasteiger partial charge in [-0.2, -0.15) is 0 Å². The zero-order valence-electron chi connectivity index (χ0n) is 38.5. The molecular formula is C44H80N2O13. The fraction of sp³-hybridized carbons (Fsp3) is 0.932. The number of rotatable bonds is 13. The van der Waals surface area contributed by atoms with Crippen LogP contribution in [0.3, 0.4) is 0 Å². The van der Waals surface area contributed by atoms with Crippen LogP contribution in [0.15, 0.2) is 0 Å². The Morgan fingerprint density at radius 2 is 1.64 bits per heavy atom. The molecule has 0 aliphatic carbocycles. The summed E-state index contributed by atoms with van der Waals surface area (Å²) in [6, 6.07) is -0.818. The second-order valence-corrected chi connectivity index (χ2v) is 18.6. The number of carbonyl (C=O) groups excluding carboxylic acids is 1. The van der Waals surface area contributed by atoms with Crippen molar-refractivity contribution in [3.05, 3.63) is 0 Å². The molecule has 18 atom stereocenters. The van der Waals surface area contributed by atoms with Crippen LogP contribution in [-0.4, -0.2) is 181 Å². The molecule has 59 heavy (non-hydrogen) atoms. The third-order valence-electron chi connectivity index (χ3n) is 13.1. The summed E-state index contributed by atoms with van der Waals surface area (Å²) in [4.78, 5) is 18.3. The first-order valence-electron chi connectivity index (χ1n) is 21.6. The van der Waals surface area contributed by atoms with Gasteiger partial charge in [-0.05, 0) is 101 Å². The zero-order valence-corrected chi connectivity index (χ0v) is 38.5. The van der Waals surface area contributed by atoms with Gasteiger partial charge in [-0.1, -0.05) is 26.7 Å². The van der Waals surface area contributed by atoms with Gasteiger partial charge in [0, 0.05) is 44.7 Å². The summed E-state index contributed by atoms with van der Waals surface area (Å²) in [6.45, 7) is 19.5. The topological polar surface area (TPSA) is 178 Å². The highest BCUT2D eigenvalue weighted by Crippen LogP contribution is 2.41. The predicted molar refractivity (Wildman–Crippen MR) is 222 cm³/mol. The number of esters is 1. The third kappa shape index (κ3) is 13.0. The van der Waals surface area contributed by atoms with Crippen molar-refractivity contribution in [2.45, 2.75) is 192 Å². The first kappa shape index (κ1) is 51.9. The molecule has 3 heterocycles. The Hall–Kier alpha value is -1.49. The van der Waals surface area contributed by atoms with Gasteiger partial charge in [-0.15, -0.1) is 6.42 Å². The number of nitrogens with zero attached hydrogens (tertiary/aromatic N) is 2. The molecule has 15 nitrogen and oxygen atoms in total. The van der Waals surface area contributed by atoms with Crippen LogP contribution in [0.4, 0.5) is 0 Å². The van der Waals surface area contributed by atoms with Gasteiger partial charge in [-0.3, -0.25) is 4.79 Å². The highest BCUT2D eigenvalue weighted by Gasteiger charge is 2.53. The van der Waals surface area contributed by atoms with Crippen molar-refractivity contribution in [1.29, 1.82) is 0 Å². The fourth-order valence-corrected chi connectivity index (χ4v) is 9.54. The SMILES string of the molecule is C#CCOCCCO[C@H]1[C@H](C)O[C@@H](O[C@H]2[C@H](C)[C@@H](O[C@@H]3O[C@H](C)C[C@H](N(C)C)[C@H]3O)[C@](C)(O)C[C@@H](C)CN(C)[C@H](C)[C@@H](O)[C@](C)(O)[C@@H](CC)OC(=O)[C@@H]2C)C[C@@]1(C)OC. The lowest BCUT2D eigenvalue weighted by atomic mass is 9.77. The quantitative estimate of drug-likeness (QED) is 0.121. The summed E-state index contributed by atoms with van der Waals surface area (Å²) in [5.41, 5.74) is -4.24. The molecule has 0 bridgehead atoms. The molecule has 0 aromatic heterocycles. The van der Waals surface area contributed by atoms with Crippen LogP contribution < -0.4 is 0 Å². The van der Waals surface area contributed by atoms with Gasteiger partial charge in [0.15, 0.2) is 12.6 Å². The van der Waals surface area contributed by atoms with Crippen LogP contribution in [-0.2, 0) is 42.7 Å². The highest BCUT2D eigenvalue weighted by molar-refractivity contribution is 5.73. The normalized spacial score (nSPS) is 45.0. The number of likely N-dealkylation sites (N-methyl/N-ethyl adjacent to an activating group) is 2. The number of terminal acetylenes is 1. The molecule has 0 amide bonds. The van der Waals surface area contributed by atoms with Crippen molar-refractivity contribution < 1.29 is 63.1 Å². The Kier molecular flexibility index (Phi) is 19.5. The number of hydrogen-bond donors (Lipinski definition) is 4. The van der Waals surface area contributed by atoms with E-state index in [4.69, 9.17) is 44.3 Å². The van der Waals surface area contributed by atoms with E-state index in [1.165, 1.54) is 6.92 Å². The van der Waals surface area contributed by atoms with E-state index in [1.807, 2.05) is 72.5 Å². The first-order chi connectivity index (χ1) is 27.4. The Labute approximate surface area is 354 Å². The molecule has 3 aliphatic rings. The summed E-state index contributed by atoms with van der Waals surface area (Å²) >= 11 is 0. The smallest absolute Gasteiger partial charge is 0.311 e. The fourth-order valence-electron chi connectivity index (χ4n) is 9.54. The minimum Gasteiger partial charge on any atom is -0.459 e. The minimum atomic E-state index is -1.81. The summed E-state index contributed by atoms with van der Waals surface area (Å²) in [6.07, 6.45) is -1.53. The molecule has 3 saturated heterocycles. The maximum atomic E-state index is 14.4. The molecule has 0 spiro atoms. The molecule has 0 saturated carbocycles. The van der Waals surface area contributed by atoms with Gasteiger partial charge in [-0.25, -0.2) is 0 Å². The summed E-state index contributed by atoms with van der Waals surface area (Å²) in [5.74, 6) is -0.122. The van der Waals surface area contributed by atoms with E-state index < -0.39 is 96.0 Å². The van der Waals surface area contributed by atoms with Crippen LogP contribution in [0, 0.1) is 30.1 Å². The number of methoxy groups -OCH3 is 1. The van der Waals surface area contributed by atoms with E-state index in [9.17, 15) is 25.2 Å². The molecule has 3 aliphatic heterocycles. The monoisotopic (exact) mass is 845 g/mol. The summed E-state index contributed by atoms with van der Waals surface area (Å²) in [5, 5.41) is 47.7. The lowest BCUT2D eigenvalue weighted by molar-refractivity contribution is -0.320. The maximum absolute atomic E-state index is 14.4. The Morgan fingerprint density at radius 3 is 2.24 bits per heavy atom. The van der Waals surface area contributed by atoms with E-state index in [0.717, 1.165) is 0 Å².